The molecule has 78 valence electrons. The molecule has 0 aliphatic carbocycles. The highest BCUT2D eigenvalue weighted by Crippen LogP contribution is 2.00. The van der Waals surface area contributed by atoms with Gasteiger partial charge in [-0.2, -0.15) is 8.42 Å². The maximum Gasteiger partial charge on any atom is 0.264 e. The highest BCUT2D eigenvalue weighted by Gasteiger charge is 2.04. The average molecular weight is 207 g/mol. The summed E-state index contributed by atoms with van der Waals surface area (Å²) >= 11 is 0. The number of rotatable bonds is 6. The largest absolute Gasteiger partial charge is 0.379 e. The summed E-state index contributed by atoms with van der Waals surface area (Å²) < 4.78 is 29.1. The van der Waals surface area contributed by atoms with Gasteiger partial charge in [0, 0.05) is 19.3 Å². The van der Waals surface area contributed by atoms with Crippen molar-refractivity contribution in [1.29, 1.82) is 0 Å². The van der Waals surface area contributed by atoms with Gasteiger partial charge in [-0.05, 0) is 19.8 Å². The van der Waals surface area contributed by atoms with Gasteiger partial charge in [-0.15, -0.1) is 0 Å². The molecule has 0 spiro atoms. The third-order valence-electron chi connectivity index (χ3n) is 1.80. The molecule has 0 aromatic heterocycles. The molecule has 0 aliphatic rings. The van der Waals surface area contributed by atoms with Crippen molar-refractivity contribution >= 4 is 10.1 Å². The normalized spacial score (nSPS) is 11.3. The van der Waals surface area contributed by atoms with Crippen molar-refractivity contribution in [2.75, 3.05) is 19.3 Å². The van der Waals surface area contributed by atoms with E-state index in [9.17, 15) is 8.42 Å². The Bertz CT molecular complexity index is 259. The molecule has 5 heteroatoms. The maximum absolute atomic E-state index is 10.3. The number of hydrogen-bond acceptors (Lipinski definition) is 3. The van der Waals surface area contributed by atoms with Crippen LogP contribution in [-0.4, -0.2) is 37.2 Å². The summed E-state index contributed by atoms with van der Waals surface area (Å²) in [7, 11) is -1.88. The molecule has 0 rings (SSSR count). The number of unbranched alkanes of at least 4 members (excludes halogenated alkanes) is 1. The highest BCUT2D eigenvalue weighted by molar-refractivity contribution is 7.85. The maximum atomic E-state index is 10.3. The molecule has 13 heavy (non-hydrogen) atoms. The van der Waals surface area contributed by atoms with Gasteiger partial charge in [0.1, 0.15) is 0 Å². The van der Waals surface area contributed by atoms with Crippen LogP contribution in [0.5, 0.6) is 0 Å². The average Bonchev–Trinajstić information content (AvgIpc) is 1.95. The Kier molecular flexibility index (Phi) is 5.02. The topological polar surface area (TPSA) is 57.6 Å². The molecule has 0 aliphatic heterocycles. The van der Waals surface area contributed by atoms with Crippen LogP contribution in [0, 0.1) is 0 Å². The van der Waals surface area contributed by atoms with Crippen LogP contribution in [0.4, 0.5) is 0 Å². The second-order valence-electron chi connectivity index (χ2n) is 3.15. The molecule has 0 radical (unpaired) electrons. The van der Waals surface area contributed by atoms with Gasteiger partial charge in [-0.25, -0.2) is 0 Å². The van der Waals surface area contributed by atoms with Crippen LogP contribution < -0.4 is 0 Å². The van der Waals surface area contributed by atoms with Crippen LogP contribution in [0.25, 0.3) is 0 Å². The third kappa shape index (κ3) is 7.80. The Balaban J connectivity index is 3.53. The molecule has 0 unspecified atom stereocenters. The van der Waals surface area contributed by atoms with E-state index in [1.54, 1.807) is 0 Å². The van der Waals surface area contributed by atoms with Crippen molar-refractivity contribution in [2.45, 2.75) is 19.8 Å². The smallest absolute Gasteiger partial charge is 0.264 e. The predicted molar refractivity (Wildman–Crippen MR) is 53.1 cm³/mol. The first kappa shape index (κ1) is 12.4. The summed E-state index contributed by atoms with van der Waals surface area (Å²) in [6.45, 7) is 6.40. The van der Waals surface area contributed by atoms with Gasteiger partial charge in [-0.1, -0.05) is 6.58 Å². The van der Waals surface area contributed by atoms with E-state index in [0.717, 1.165) is 18.7 Å². The van der Waals surface area contributed by atoms with Crippen LogP contribution in [0.2, 0.25) is 0 Å². The molecule has 0 saturated carbocycles. The van der Waals surface area contributed by atoms with Crippen LogP contribution in [-0.2, 0) is 10.1 Å². The summed E-state index contributed by atoms with van der Waals surface area (Å²) in [6.07, 6.45) is 1.22. The fourth-order valence-corrected chi connectivity index (χ4v) is 1.39. The SMILES string of the molecule is C=C(C)N(C)CCCCS(=O)(=O)O. The van der Waals surface area contributed by atoms with Crippen molar-refractivity contribution in [3.05, 3.63) is 12.3 Å². The van der Waals surface area contributed by atoms with E-state index in [2.05, 4.69) is 6.58 Å². The minimum atomic E-state index is -3.78. The lowest BCUT2D eigenvalue weighted by molar-refractivity contribution is 0.406. The van der Waals surface area contributed by atoms with Crippen molar-refractivity contribution < 1.29 is 13.0 Å². The molecule has 1 N–H and O–H groups in total. The lowest BCUT2D eigenvalue weighted by atomic mass is 10.3. The summed E-state index contributed by atoms with van der Waals surface area (Å²) in [5.74, 6) is -0.156. The lowest BCUT2D eigenvalue weighted by Gasteiger charge is -2.17. The number of nitrogens with zero attached hydrogens (tertiary/aromatic N) is 1. The molecule has 0 fully saturated rings. The molecule has 0 heterocycles. The van der Waals surface area contributed by atoms with Gasteiger partial charge >= 0.3 is 0 Å². The van der Waals surface area contributed by atoms with Crippen molar-refractivity contribution in [1.82, 2.24) is 4.90 Å². The monoisotopic (exact) mass is 207 g/mol. The first-order valence-electron chi connectivity index (χ1n) is 4.15. The van der Waals surface area contributed by atoms with E-state index >= 15 is 0 Å². The summed E-state index contributed by atoms with van der Waals surface area (Å²) in [6, 6.07) is 0. The molecule has 0 atom stereocenters. The van der Waals surface area contributed by atoms with E-state index in [-0.39, 0.29) is 5.75 Å². The fourth-order valence-electron chi connectivity index (χ4n) is 0.824. The number of hydrogen-bond donors (Lipinski definition) is 1. The quantitative estimate of drug-likeness (QED) is 0.524. The molecule has 0 amide bonds. The van der Waals surface area contributed by atoms with Crippen LogP contribution in [0.15, 0.2) is 12.3 Å². The highest BCUT2D eigenvalue weighted by atomic mass is 32.2. The van der Waals surface area contributed by atoms with E-state index in [0.29, 0.717) is 6.42 Å². The van der Waals surface area contributed by atoms with Crippen LogP contribution in [0.1, 0.15) is 19.8 Å². The summed E-state index contributed by atoms with van der Waals surface area (Å²) in [5, 5.41) is 0. The fraction of sp³-hybridized carbons (Fsp3) is 0.750. The molecular formula is C8H17NO3S. The second-order valence-corrected chi connectivity index (χ2v) is 4.72. The Labute approximate surface area is 80.0 Å². The number of allylic oxidation sites excluding steroid dienone is 1. The van der Waals surface area contributed by atoms with E-state index in [1.807, 2.05) is 18.9 Å². The first-order chi connectivity index (χ1) is 5.83. The predicted octanol–water partition coefficient (Wildman–Crippen LogP) is 1.12. The van der Waals surface area contributed by atoms with Crippen LogP contribution >= 0.6 is 0 Å². The second kappa shape index (κ2) is 5.24. The molecular weight excluding hydrogens is 190 g/mol. The molecule has 4 nitrogen and oxygen atoms in total. The van der Waals surface area contributed by atoms with Gasteiger partial charge in [0.15, 0.2) is 0 Å². The minimum Gasteiger partial charge on any atom is -0.379 e. The minimum absolute atomic E-state index is 0.156. The van der Waals surface area contributed by atoms with Crippen molar-refractivity contribution in [2.24, 2.45) is 0 Å². The first-order valence-corrected chi connectivity index (χ1v) is 5.75. The molecule has 0 bridgehead atoms. The summed E-state index contributed by atoms with van der Waals surface area (Å²) in [4.78, 5) is 1.95. The van der Waals surface area contributed by atoms with Gasteiger partial charge < -0.3 is 4.90 Å². The van der Waals surface area contributed by atoms with E-state index < -0.39 is 10.1 Å². The standard InChI is InChI=1S/C8H17NO3S/c1-8(2)9(3)6-4-5-7-13(10,11)12/h1,4-7H2,2-3H3,(H,10,11,12). The third-order valence-corrected chi connectivity index (χ3v) is 2.60. The Morgan fingerprint density at radius 3 is 2.38 bits per heavy atom. The Morgan fingerprint density at radius 1 is 1.46 bits per heavy atom. The van der Waals surface area contributed by atoms with E-state index in [1.165, 1.54) is 0 Å². The van der Waals surface area contributed by atoms with E-state index in [4.69, 9.17) is 4.55 Å². The van der Waals surface area contributed by atoms with Crippen LogP contribution in [0.3, 0.4) is 0 Å². The van der Waals surface area contributed by atoms with Gasteiger partial charge in [0.2, 0.25) is 0 Å². The van der Waals surface area contributed by atoms with Gasteiger partial charge in [0.25, 0.3) is 10.1 Å². The Hall–Kier alpha value is -0.550. The summed E-state index contributed by atoms with van der Waals surface area (Å²) in [5.41, 5.74) is 0.951. The zero-order chi connectivity index (χ0) is 10.5. The zero-order valence-electron chi connectivity index (χ0n) is 8.15. The van der Waals surface area contributed by atoms with Gasteiger partial charge in [0.05, 0.1) is 5.75 Å². The zero-order valence-corrected chi connectivity index (χ0v) is 8.97. The van der Waals surface area contributed by atoms with Crippen molar-refractivity contribution in [3.8, 4) is 0 Å². The van der Waals surface area contributed by atoms with Crippen molar-refractivity contribution in [3.63, 3.8) is 0 Å². The molecule has 0 aromatic rings. The lowest BCUT2D eigenvalue weighted by Crippen LogP contribution is -2.17. The molecule has 0 aromatic carbocycles. The Morgan fingerprint density at radius 2 is 2.00 bits per heavy atom. The molecule has 0 saturated heterocycles. The van der Waals surface area contributed by atoms with Gasteiger partial charge in [-0.3, -0.25) is 4.55 Å².